The highest BCUT2D eigenvalue weighted by molar-refractivity contribution is 5.42. The fraction of sp³-hybridized carbons (Fsp3) is 0.455. The molecule has 1 aliphatic carbocycles. The molecule has 0 aromatic heterocycles. The van der Waals surface area contributed by atoms with E-state index in [1.807, 2.05) is 0 Å². The molecule has 0 bridgehead atoms. The molecule has 0 spiro atoms. The summed E-state index contributed by atoms with van der Waals surface area (Å²) in [7, 11) is 0. The summed E-state index contributed by atoms with van der Waals surface area (Å²) in [5.74, 6) is 0. The van der Waals surface area contributed by atoms with Gasteiger partial charge in [-0.25, -0.2) is 0 Å². The zero-order valence-corrected chi connectivity index (χ0v) is 16.0. The third-order valence-corrected chi connectivity index (χ3v) is 5.27. The monoisotopic (exact) mass is 349 g/mol. The van der Waals surface area contributed by atoms with Gasteiger partial charge in [0.2, 0.25) is 0 Å². The van der Waals surface area contributed by atoms with Gasteiger partial charge in [0.15, 0.2) is 0 Å². The summed E-state index contributed by atoms with van der Waals surface area (Å²) in [6.07, 6.45) is 1.09. The molecule has 2 aromatic rings. The molecule has 0 saturated heterocycles. The number of hydrogen-bond donors (Lipinski definition) is 0. The van der Waals surface area contributed by atoms with Gasteiger partial charge in [-0.05, 0) is 49.9 Å². The minimum absolute atomic E-state index is 0.00770. The van der Waals surface area contributed by atoms with E-state index in [4.69, 9.17) is 9.85 Å². The molecule has 0 N–H and O–H groups in total. The van der Waals surface area contributed by atoms with Gasteiger partial charge in [0, 0.05) is 12.5 Å². The highest BCUT2D eigenvalue weighted by Gasteiger charge is 2.41. The third-order valence-electron chi connectivity index (χ3n) is 5.27. The van der Waals surface area contributed by atoms with Crippen LogP contribution in [0.5, 0.6) is 0 Å². The molecule has 136 valence electrons. The number of fused-ring (bicyclic) bond motifs is 5. The largest absolute Gasteiger partial charge is 0.371 e. The van der Waals surface area contributed by atoms with Crippen LogP contribution >= 0.6 is 0 Å². The van der Waals surface area contributed by atoms with Crippen molar-refractivity contribution < 1.29 is 4.74 Å². The Morgan fingerprint density at radius 1 is 0.923 bits per heavy atom. The maximum atomic E-state index is 6.35. The quantitative estimate of drug-likeness (QED) is 0.725. The Hall–Kier alpha value is -2.20. The molecule has 0 radical (unpaired) electrons. The van der Waals surface area contributed by atoms with Gasteiger partial charge in [-0.3, -0.25) is 5.01 Å². The van der Waals surface area contributed by atoms with Crippen LogP contribution in [-0.2, 0) is 11.2 Å². The van der Waals surface area contributed by atoms with Gasteiger partial charge in [0.1, 0.15) is 12.1 Å². The van der Waals surface area contributed by atoms with Crippen molar-refractivity contribution in [3.8, 4) is 0 Å². The molecule has 2 aliphatic rings. The molecule has 26 heavy (non-hydrogen) atoms. The maximum Gasteiger partial charge on any atom is 0.124 e. The van der Waals surface area contributed by atoms with Crippen LogP contribution < -0.4 is 0 Å². The van der Waals surface area contributed by atoms with Gasteiger partial charge in [0.25, 0.3) is 0 Å². The van der Waals surface area contributed by atoms with Gasteiger partial charge >= 0.3 is 0 Å². The molecule has 1 aliphatic heterocycles. The summed E-state index contributed by atoms with van der Waals surface area (Å²) in [5, 5.41) is 11.4. The summed E-state index contributed by atoms with van der Waals surface area (Å²) in [5.41, 5.74) is 5.14. The standard InChI is InChI=1S/C22H27N3O/c1-14(2)25-22-17-10-6-5-9-16(17)13-20(26-15(3)4)18-11-7-8-12-19(18)21(22)23-24-25/h5-12,14-15,20-22H,13H2,1-4H3. The van der Waals surface area contributed by atoms with Crippen molar-refractivity contribution in [1.82, 2.24) is 5.01 Å². The van der Waals surface area contributed by atoms with E-state index in [1.165, 1.54) is 22.3 Å². The minimum atomic E-state index is 0.00770. The van der Waals surface area contributed by atoms with E-state index in [9.17, 15) is 0 Å². The minimum Gasteiger partial charge on any atom is -0.371 e. The SMILES string of the molecule is CC(C)OC1Cc2ccccc2C2C(N=NN2C(C)C)c2ccccc21. The van der Waals surface area contributed by atoms with E-state index >= 15 is 0 Å². The van der Waals surface area contributed by atoms with Gasteiger partial charge in [0.05, 0.1) is 12.2 Å². The van der Waals surface area contributed by atoms with E-state index in [-0.39, 0.29) is 24.3 Å². The molecule has 0 amide bonds. The van der Waals surface area contributed by atoms with E-state index in [0.717, 1.165) is 6.42 Å². The smallest absolute Gasteiger partial charge is 0.124 e. The molecule has 4 rings (SSSR count). The molecule has 1 heterocycles. The number of nitrogens with zero attached hydrogens (tertiary/aromatic N) is 3. The topological polar surface area (TPSA) is 37.2 Å². The number of ether oxygens (including phenoxy) is 1. The highest BCUT2D eigenvalue weighted by Crippen LogP contribution is 2.48. The van der Waals surface area contributed by atoms with Gasteiger partial charge in [-0.2, -0.15) is 5.11 Å². The van der Waals surface area contributed by atoms with Crippen LogP contribution in [0, 0.1) is 0 Å². The van der Waals surface area contributed by atoms with E-state index in [1.54, 1.807) is 0 Å². The summed E-state index contributed by atoms with van der Waals surface area (Å²) in [6, 6.07) is 17.8. The fourth-order valence-corrected chi connectivity index (χ4v) is 4.19. The predicted molar refractivity (Wildman–Crippen MR) is 103 cm³/mol. The molecular formula is C22H27N3O. The van der Waals surface area contributed by atoms with Crippen molar-refractivity contribution in [2.75, 3.05) is 0 Å². The van der Waals surface area contributed by atoms with Crippen LogP contribution in [0.2, 0.25) is 0 Å². The highest BCUT2D eigenvalue weighted by atomic mass is 16.5. The molecule has 3 unspecified atom stereocenters. The van der Waals surface area contributed by atoms with Gasteiger partial charge in [-0.15, -0.1) is 0 Å². The zero-order chi connectivity index (χ0) is 18.3. The summed E-state index contributed by atoms with van der Waals surface area (Å²) < 4.78 is 6.35. The molecule has 4 heteroatoms. The Balaban J connectivity index is 1.89. The Morgan fingerprint density at radius 3 is 2.27 bits per heavy atom. The summed E-state index contributed by atoms with van der Waals surface area (Å²) in [4.78, 5) is 0. The fourth-order valence-electron chi connectivity index (χ4n) is 4.19. The Labute approximate surface area is 155 Å². The van der Waals surface area contributed by atoms with Crippen LogP contribution in [-0.4, -0.2) is 17.2 Å². The second kappa shape index (κ2) is 6.84. The first-order valence-corrected chi connectivity index (χ1v) is 9.57. The molecule has 4 nitrogen and oxygen atoms in total. The predicted octanol–water partition coefficient (Wildman–Crippen LogP) is 5.58. The molecule has 0 fully saturated rings. The average Bonchev–Trinajstić information content (AvgIpc) is 3.05. The van der Waals surface area contributed by atoms with Crippen LogP contribution in [0.15, 0.2) is 58.9 Å². The lowest BCUT2D eigenvalue weighted by Gasteiger charge is -2.35. The van der Waals surface area contributed by atoms with Crippen LogP contribution in [0.1, 0.15) is 68.1 Å². The molecule has 0 saturated carbocycles. The summed E-state index contributed by atoms with van der Waals surface area (Å²) >= 11 is 0. The third kappa shape index (κ3) is 2.92. The van der Waals surface area contributed by atoms with E-state index in [2.05, 4.69) is 86.5 Å². The first-order valence-electron chi connectivity index (χ1n) is 9.57. The Morgan fingerprint density at radius 2 is 1.58 bits per heavy atom. The van der Waals surface area contributed by atoms with Crippen molar-refractivity contribution in [3.05, 3.63) is 70.8 Å². The van der Waals surface area contributed by atoms with Gasteiger partial charge < -0.3 is 4.74 Å². The van der Waals surface area contributed by atoms with Crippen LogP contribution in [0.25, 0.3) is 0 Å². The zero-order valence-electron chi connectivity index (χ0n) is 16.0. The van der Waals surface area contributed by atoms with E-state index in [0.29, 0.717) is 6.04 Å². The maximum absolute atomic E-state index is 6.35. The van der Waals surface area contributed by atoms with Crippen LogP contribution in [0.3, 0.4) is 0 Å². The van der Waals surface area contributed by atoms with Crippen molar-refractivity contribution >= 4 is 0 Å². The average molecular weight is 349 g/mol. The first kappa shape index (κ1) is 17.2. The molecular weight excluding hydrogens is 322 g/mol. The molecule has 2 aromatic carbocycles. The normalized spacial score (nSPS) is 24.2. The number of hydrogen-bond acceptors (Lipinski definition) is 4. The van der Waals surface area contributed by atoms with Crippen molar-refractivity contribution in [3.63, 3.8) is 0 Å². The second-order valence-corrected chi connectivity index (χ2v) is 7.77. The van der Waals surface area contributed by atoms with Gasteiger partial charge in [-0.1, -0.05) is 53.8 Å². The lowest BCUT2D eigenvalue weighted by Crippen LogP contribution is -2.32. The van der Waals surface area contributed by atoms with Crippen molar-refractivity contribution in [1.29, 1.82) is 0 Å². The van der Waals surface area contributed by atoms with Crippen molar-refractivity contribution in [2.45, 2.75) is 64.4 Å². The second-order valence-electron chi connectivity index (χ2n) is 7.77. The number of rotatable bonds is 3. The van der Waals surface area contributed by atoms with E-state index < -0.39 is 0 Å². The first-order chi connectivity index (χ1) is 12.6. The van der Waals surface area contributed by atoms with Crippen LogP contribution in [0.4, 0.5) is 0 Å². The lowest BCUT2D eigenvalue weighted by atomic mass is 9.81. The van der Waals surface area contributed by atoms with Crippen molar-refractivity contribution in [2.24, 2.45) is 10.3 Å². The lowest BCUT2D eigenvalue weighted by molar-refractivity contribution is 0.00502. The summed E-state index contributed by atoms with van der Waals surface area (Å²) in [6.45, 7) is 8.57. The Bertz CT molecular complexity index is 815. The molecule has 3 atom stereocenters. The Kier molecular flexibility index (Phi) is 4.53. The number of benzene rings is 2.